The molecule has 2 N–H and O–H groups in total. The molecular formula is C18H35IN6S. The molecule has 1 aromatic heterocycles. The summed E-state index contributed by atoms with van der Waals surface area (Å²) in [5.41, 5.74) is 1.12. The summed E-state index contributed by atoms with van der Waals surface area (Å²) in [6.45, 7) is 19.1. The minimum absolute atomic E-state index is 0. The Morgan fingerprint density at radius 3 is 2.42 bits per heavy atom. The van der Waals surface area contributed by atoms with E-state index in [4.69, 9.17) is 4.99 Å². The second-order valence-corrected chi connectivity index (χ2v) is 7.93. The van der Waals surface area contributed by atoms with Crippen LogP contribution in [-0.2, 0) is 6.54 Å². The fraction of sp³-hybridized carbons (Fsp3) is 0.778. The van der Waals surface area contributed by atoms with Crippen molar-refractivity contribution < 1.29 is 0 Å². The van der Waals surface area contributed by atoms with Crippen LogP contribution in [0.1, 0.15) is 36.3 Å². The number of aromatic nitrogens is 1. The zero-order chi connectivity index (χ0) is 18.2. The molecule has 2 heterocycles. The molecule has 1 aromatic rings. The van der Waals surface area contributed by atoms with Crippen LogP contribution in [0.25, 0.3) is 0 Å². The van der Waals surface area contributed by atoms with Crippen LogP contribution in [0.3, 0.4) is 0 Å². The van der Waals surface area contributed by atoms with E-state index in [1.807, 2.05) is 0 Å². The zero-order valence-corrected chi connectivity index (χ0v) is 20.0. The molecule has 0 aliphatic carbocycles. The summed E-state index contributed by atoms with van der Waals surface area (Å²) >= 11 is 1.74. The van der Waals surface area contributed by atoms with Crippen molar-refractivity contribution in [3.8, 4) is 0 Å². The van der Waals surface area contributed by atoms with Gasteiger partial charge in [-0.05, 0) is 34.2 Å². The normalized spacial score (nSPS) is 17.7. The van der Waals surface area contributed by atoms with Crippen LogP contribution in [0.5, 0.6) is 0 Å². The van der Waals surface area contributed by atoms with Gasteiger partial charge in [0.15, 0.2) is 5.96 Å². The molecule has 150 valence electrons. The van der Waals surface area contributed by atoms with Crippen LogP contribution in [0.4, 0.5) is 0 Å². The second-order valence-electron chi connectivity index (χ2n) is 6.64. The van der Waals surface area contributed by atoms with Gasteiger partial charge in [0.25, 0.3) is 0 Å². The maximum atomic E-state index is 4.70. The van der Waals surface area contributed by atoms with Gasteiger partial charge in [-0.3, -0.25) is 4.90 Å². The number of likely N-dealkylation sites (N-methyl/N-ethyl adjacent to an activating group) is 1. The summed E-state index contributed by atoms with van der Waals surface area (Å²) in [4.78, 5) is 15.6. The minimum atomic E-state index is 0. The Morgan fingerprint density at radius 1 is 1.19 bits per heavy atom. The number of nitrogens with one attached hydrogen (secondary N) is 2. The molecule has 1 aliphatic rings. The van der Waals surface area contributed by atoms with Gasteiger partial charge >= 0.3 is 0 Å². The van der Waals surface area contributed by atoms with Gasteiger partial charge in [-0.25, -0.2) is 9.98 Å². The lowest BCUT2D eigenvalue weighted by molar-refractivity contribution is 0.107. The van der Waals surface area contributed by atoms with E-state index in [9.17, 15) is 0 Å². The monoisotopic (exact) mass is 494 g/mol. The lowest BCUT2D eigenvalue weighted by Crippen LogP contribution is -2.53. The molecule has 0 amide bonds. The molecule has 0 bridgehead atoms. The summed E-state index contributed by atoms with van der Waals surface area (Å²) in [6, 6.07) is 0.507. The van der Waals surface area contributed by atoms with Crippen molar-refractivity contribution in [2.45, 2.75) is 47.2 Å². The Bertz CT molecular complexity index is 534. The Morgan fingerprint density at radius 2 is 1.88 bits per heavy atom. The topological polar surface area (TPSA) is 55.8 Å². The third kappa shape index (κ3) is 7.28. The van der Waals surface area contributed by atoms with Crippen molar-refractivity contribution >= 4 is 41.3 Å². The van der Waals surface area contributed by atoms with E-state index < -0.39 is 0 Å². The highest BCUT2D eigenvalue weighted by molar-refractivity contribution is 14.0. The van der Waals surface area contributed by atoms with Crippen molar-refractivity contribution in [2.75, 3.05) is 45.8 Å². The third-order valence-corrected chi connectivity index (χ3v) is 5.89. The molecule has 26 heavy (non-hydrogen) atoms. The number of hydrogen-bond acceptors (Lipinski definition) is 5. The van der Waals surface area contributed by atoms with Gasteiger partial charge in [-0.2, -0.15) is 0 Å². The van der Waals surface area contributed by atoms with Crippen LogP contribution in [0, 0.1) is 13.8 Å². The van der Waals surface area contributed by atoms with Gasteiger partial charge in [0, 0.05) is 50.2 Å². The molecule has 8 heteroatoms. The summed E-state index contributed by atoms with van der Waals surface area (Å²) in [5.74, 6) is 0.882. The molecule has 1 atom stereocenters. The van der Waals surface area contributed by atoms with Crippen molar-refractivity contribution in [3.63, 3.8) is 0 Å². The molecular weight excluding hydrogens is 459 g/mol. The van der Waals surface area contributed by atoms with Crippen LogP contribution in [-0.4, -0.2) is 72.6 Å². The van der Waals surface area contributed by atoms with E-state index in [1.54, 1.807) is 11.3 Å². The van der Waals surface area contributed by atoms with Crippen molar-refractivity contribution in [3.05, 3.63) is 15.6 Å². The van der Waals surface area contributed by atoms with Crippen LogP contribution in [0.2, 0.25) is 0 Å². The van der Waals surface area contributed by atoms with Gasteiger partial charge in [0.05, 0.1) is 12.2 Å². The van der Waals surface area contributed by atoms with Gasteiger partial charge in [0.2, 0.25) is 0 Å². The highest BCUT2D eigenvalue weighted by atomic mass is 127. The first kappa shape index (κ1) is 23.6. The average molecular weight is 494 g/mol. The number of guanidine groups is 1. The van der Waals surface area contributed by atoms with E-state index in [-0.39, 0.29) is 24.0 Å². The lowest BCUT2D eigenvalue weighted by Gasteiger charge is -2.37. The van der Waals surface area contributed by atoms with Gasteiger partial charge in [-0.1, -0.05) is 6.92 Å². The van der Waals surface area contributed by atoms with E-state index in [1.165, 1.54) is 18.0 Å². The number of piperazine rings is 1. The molecule has 1 fully saturated rings. The largest absolute Gasteiger partial charge is 0.357 e. The highest BCUT2D eigenvalue weighted by Crippen LogP contribution is 2.16. The standard InChI is InChI=1S/C18H34N6S.HI/c1-6-19-18(21-13-17-22-15(4)16(5)25-17)20-12-14(3)24-10-8-23(7-2)9-11-24;/h14H,6-13H2,1-5H3,(H2,19,20,21);1H. The van der Waals surface area contributed by atoms with Crippen molar-refractivity contribution in [1.82, 2.24) is 25.4 Å². The molecule has 2 rings (SSSR count). The smallest absolute Gasteiger partial charge is 0.191 e. The van der Waals surface area contributed by atoms with E-state index in [0.717, 1.165) is 49.4 Å². The van der Waals surface area contributed by atoms with Crippen molar-refractivity contribution in [2.24, 2.45) is 4.99 Å². The molecule has 1 aliphatic heterocycles. The molecule has 1 saturated heterocycles. The lowest BCUT2D eigenvalue weighted by atomic mass is 10.2. The van der Waals surface area contributed by atoms with Crippen LogP contribution < -0.4 is 10.6 Å². The number of halogens is 1. The van der Waals surface area contributed by atoms with Gasteiger partial charge in [0.1, 0.15) is 5.01 Å². The first-order chi connectivity index (χ1) is 12.0. The minimum Gasteiger partial charge on any atom is -0.357 e. The number of thiazole rings is 1. The van der Waals surface area contributed by atoms with Crippen LogP contribution in [0.15, 0.2) is 4.99 Å². The average Bonchev–Trinajstić information content (AvgIpc) is 2.95. The molecule has 0 saturated carbocycles. The second kappa shape index (κ2) is 12.1. The summed E-state index contributed by atoms with van der Waals surface area (Å²) < 4.78 is 0. The van der Waals surface area contributed by atoms with E-state index in [2.05, 4.69) is 60.0 Å². The van der Waals surface area contributed by atoms with E-state index in [0.29, 0.717) is 12.6 Å². The maximum absolute atomic E-state index is 4.70. The summed E-state index contributed by atoms with van der Waals surface area (Å²) in [6.07, 6.45) is 0. The maximum Gasteiger partial charge on any atom is 0.191 e. The zero-order valence-electron chi connectivity index (χ0n) is 16.8. The number of aliphatic imine (C=N–C) groups is 1. The van der Waals surface area contributed by atoms with Crippen molar-refractivity contribution in [1.29, 1.82) is 0 Å². The predicted molar refractivity (Wildman–Crippen MR) is 123 cm³/mol. The number of aryl methyl sites for hydroxylation is 2. The Labute approximate surface area is 179 Å². The summed E-state index contributed by atoms with van der Waals surface area (Å²) in [7, 11) is 0. The molecule has 1 unspecified atom stereocenters. The van der Waals surface area contributed by atoms with Crippen LogP contribution >= 0.6 is 35.3 Å². The number of rotatable bonds is 7. The molecule has 0 spiro atoms. The highest BCUT2D eigenvalue weighted by Gasteiger charge is 2.20. The molecule has 0 aromatic carbocycles. The third-order valence-electron chi connectivity index (χ3n) is 4.83. The summed E-state index contributed by atoms with van der Waals surface area (Å²) in [5, 5.41) is 7.91. The van der Waals surface area contributed by atoms with Gasteiger partial charge < -0.3 is 15.5 Å². The first-order valence-electron chi connectivity index (χ1n) is 9.45. The quantitative estimate of drug-likeness (QED) is 0.347. The molecule has 6 nitrogen and oxygen atoms in total. The first-order valence-corrected chi connectivity index (χ1v) is 10.3. The van der Waals surface area contributed by atoms with Gasteiger partial charge in [-0.15, -0.1) is 35.3 Å². The Balaban J connectivity index is 0.00000338. The Kier molecular flexibility index (Phi) is 11.0. The number of hydrogen-bond donors (Lipinski definition) is 2. The number of nitrogens with zero attached hydrogens (tertiary/aromatic N) is 4. The Hall–Kier alpha value is -0.450. The fourth-order valence-electron chi connectivity index (χ4n) is 2.99. The SMILES string of the molecule is CCNC(=NCc1nc(C)c(C)s1)NCC(C)N1CCN(CC)CC1.I. The predicted octanol–water partition coefficient (Wildman–Crippen LogP) is 2.46. The molecule has 0 radical (unpaired) electrons. The van der Waals surface area contributed by atoms with E-state index >= 15 is 0 Å². The fourth-order valence-corrected chi connectivity index (χ4v) is 3.85.